The Hall–Kier alpha value is -0.860. The van der Waals surface area contributed by atoms with Crippen LogP contribution in [-0.2, 0) is 11.3 Å². The summed E-state index contributed by atoms with van der Waals surface area (Å²) in [5.74, 6) is 0. The van der Waals surface area contributed by atoms with Crippen LogP contribution in [0, 0.1) is 13.8 Å². The number of hydrogen-bond donors (Lipinski definition) is 1. The summed E-state index contributed by atoms with van der Waals surface area (Å²) >= 11 is 0. The molecule has 2 nitrogen and oxygen atoms in total. The van der Waals surface area contributed by atoms with Crippen molar-refractivity contribution in [1.29, 1.82) is 0 Å². The zero-order chi connectivity index (χ0) is 12.2. The lowest BCUT2D eigenvalue weighted by Gasteiger charge is -2.23. The van der Waals surface area contributed by atoms with Crippen LogP contribution in [0.1, 0.15) is 30.5 Å². The number of nitrogens with one attached hydrogen (secondary N) is 1. The molecule has 0 aromatic heterocycles. The summed E-state index contributed by atoms with van der Waals surface area (Å²) in [7, 11) is 1.75. The van der Waals surface area contributed by atoms with Crippen LogP contribution in [0.15, 0.2) is 18.2 Å². The molecule has 1 aromatic rings. The molecule has 16 heavy (non-hydrogen) atoms. The molecule has 0 fully saturated rings. The van der Waals surface area contributed by atoms with Crippen molar-refractivity contribution in [3.63, 3.8) is 0 Å². The molecule has 0 saturated carbocycles. The molecule has 0 bridgehead atoms. The van der Waals surface area contributed by atoms with Gasteiger partial charge in [0.25, 0.3) is 0 Å². The normalized spacial score (nSPS) is 11.8. The van der Waals surface area contributed by atoms with Gasteiger partial charge in [-0.3, -0.25) is 0 Å². The van der Waals surface area contributed by atoms with Crippen LogP contribution >= 0.6 is 0 Å². The minimum Gasteiger partial charge on any atom is -0.377 e. The van der Waals surface area contributed by atoms with Crippen molar-refractivity contribution in [2.75, 3.05) is 13.7 Å². The average molecular weight is 221 g/mol. The number of hydrogen-bond acceptors (Lipinski definition) is 2. The Kier molecular flexibility index (Phi) is 4.51. The molecular weight excluding hydrogens is 198 g/mol. The van der Waals surface area contributed by atoms with E-state index >= 15 is 0 Å². The Morgan fingerprint density at radius 3 is 2.25 bits per heavy atom. The lowest BCUT2D eigenvalue weighted by atomic mass is 10.0. The Labute approximate surface area is 99.0 Å². The molecule has 1 rings (SSSR count). The van der Waals surface area contributed by atoms with Crippen LogP contribution in [0.4, 0.5) is 0 Å². The quantitative estimate of drug-likeness (QED) is 0.825. The summed E-state index contributed by atoms with van der Waals surface area (Å²) in [6.45, 7) is 10.3. The first-order valence-corrected chi connectivity index (χ1v) is 5.77. The highest BCUT2D eigenvalue weighted by Gasteiger charge is 2.15. The number of methoxy groups -OCH3 is 1. The van der Waals surface area contributed by atoms with E-state index in [1.165, 1.54) is 16.7 Å². The van der Waals surface area contributed by atoms with Gasteiger partial charge in [-0.25, -0.2) is 0 Å². The monoisotopic (exact) mass is 221 g/mol. The summed E-state index contributed by atoms with van der Waals surface area (Å²) < 4.78 is 5.37. The maximum Gasteiger partial charge on any atom is 0.0746 e. The van der Waals surface area contributed by atoms with Crippen LogP contribution in [0.5, 0.6) is 0 Å². The molecule has 90 valence electrons. The van der Waals surface area contributed by atoms with Gasteiger partial charge >= 0.3 is 0 Å². The highest BCUT2D eigenvalue weighted by Crippen LogP contribution is 2.13. The van der Waals surface area contributed by atoms with Gasteiger partial charge in [0.1, 0.15) is 0 Å². The number of ether oxygens (including phenoxy) is 1. The van der Waals surface area contributed by atoms with Gasteiger partial charge in [0.15, 0.2) is 0 Å². The predicted molar refractivity (Wildman–Crippen MR) is 68.7 cm³/mol. The van der Waals surface area contributed by atoms with E-state index in [-0.39, 0.29) is 5.60 Å². The van der Waals surface area contributed by atoms with Crippen LogP contribution in [0.25, 0.3) is 0 Å². The van der Waals surface area contributed by atoms with E-state index in [9.17, 15) is 0 Å². The molecule has 1 aromatic carbocycles. The van der Waals surface area contributed by atoms with E-state index < -0.39 is 0 Å². The zero-order valence-corrected chi connectivity index (χ0v) is 11.1. The van der Waals surface area contributed by atoms with Crippen LogP contribution < -0.4 is 5.32 Å². The minimum absolute atomic E-state index is 0.101. The highest BCUT2D eigenvalue weighted by molar-refractivity contribution is 5.33. The average Bonchev–Trinajstić information content (AvgIpc) is 2.22. The van der Waals surface area contributed by atoms with Crippen molar-refractivity contribution in [3.05, 3.63) is 34.9 Å². The van der Waals surface area contributed by atoms with Gasteiger partial charge in [-0.15, -0.1) is 0 Å². The fourth-order valence-electron chi connectivity index (χ4n) is 1.69. The third kappa shape index (κ3) is 3.62. The fourth-order valence-corrected chi connectivity index (χ4v) is 1.69. The Balaban J connectivity index is 2.56. The van der Waals surface area contributed by atoms with E-state index in [1.54, 1.807) is 7.11 Å². The molecule has 0 aliphatic rings. The molecule has 0 unspecified atom stereocenters. The lowest BCUT2D eigenvalue weighted by Crippen LogP contribution is -2.36. The third-order valence-electron chi connectivity index (χ3n) is 3.05. The SMILES string of the molecule is COC(C)(C)CNCc1c(C)cccc1C. The van der Waals surface area contributed by atoms with E-state index in [4.69, 9.17) is 4.74 Å². The van der Waals surface area contributed by atoms with Gasteiger partial charge in [0, 0.05) is 20.2 Å². The second kappa shape index (κ2) is 5.46. The number of rotatable bonds is 5. The van der Waals surface area contributed by atoms with Crippen molar-refractivity contribution in [1.82, 2.24) is 5.32 Å². The first-order valence-electron chi connectivity index (χ1n) is 5.77. The minimum atomic E-state index is -0.101. The molecule has 0 amide bonds. The third-order valence-corrected chi connectivity index (χ3v) is 3.05. The van der Waals surface area contributed by atoms with Gasteiger partial charge in [-0.1, -0.05) is 18.2 Å². The van der Waals surface area contributed by atoms with Crippen molar-refractivity contribution >= 4 is 0 Å². The second-order valence-corrected chi connectivity index (χ2v) is 4.94. The van der Waals surface area contributed by atoms with Crippen molar-refractivity contribution in [2.24, 2.45) is 0 Å². The molecule has 0 heterocycles. The molecule has 0 aliphatic heterocycles. The summed E-state index contributed by atoms with van der Waals surface area (Å²) in [5.41, 5.74) is 4.00. The van der Waals surface area contributed by atoms with Crippen LogP contribution in [0.2, 0.25) is 0 Å². The van der Waals surface area contributed by atoms with Crippen molar-refractivity contribution in [3.8, 4) is 0 Å². The maximum absolute atomic E-state index is 5.37. The Morgan fingerprint density at radius 2 is 1.75 bits per heavy atom. The van der Waals surface area contributed by atoms with E-state index in [0.717, 1.165) is 13.1 Å². The highest BCUT2D eigenvalue weighted by atomic mass is 16.5. The maximum atomic E-state index is 5.37. The van der Waals surface area contributed by atoms with E-state index in [2.05, 4.69) is 51.2 Å². The van der Waals surface area contributed by atoms with E-state index in [1.807, 2.05) is 0 Å². The predicted octanol–water partition coefficient (Wildman–Crippen LogP) is 2.82. The van der Waals surface area contributed by atoms with Gasteiger partial charge < -0.3 is 10.1 Å². The fraction of sp³-hybridized carbons (Fsp3) is 0.571. The summed E-state index contributed by atoms with van der Waals surface area (Å²) in [6.07, 6.45) is 0. The summed E-state index contributed by atoms with van der Waals surface area (Å²) in [4.78, 5) is 0. The van der Waals surface area contributed by atoms with Crippen LogP contribution in [-0.4, -0.2) is 19.3 Å². The standard InChI is InChI=1S/C14H23NO/c1-11-7-6-8-12(2)13(11)9-15-10-14(3,4)16-5/h6-8,15H,9-10H2,1-5H3. The smallest absolute Gasteiger partial charge is 0.0746 e. The second-order valence-electron chi connectivity index (χ2n) is 4.94. The zero-order valence-electron chi connectivity index (χ0n) is 11.1. The number of aryl methyl sites for hydroxylation is 2. The first-order chi connectivity index (χ1) is 7.46. The molecule has 0 spiro atoms. The van der Waals surface area contributed by atoms with Gasteiger partial charge in [0.2, 0.25) is 0 Å². The largest absolute Gasteiger partial charge is 0.377 e. The first kappa shape index (κ1) is 13.2. The Bertz CT molecular complexity index is 324. The molecule has 0 radical (unpaired) electrons. The Morgan fingerprint density at radius 1 is 1.19 bits per heavy atom. The van der Waals surface area contributed by atoms with E-state index in [0.29, 0.717) is 0 Å². The molecule has 0 atom stereocenters. The van der Waals surface area contributed by atoms with Gasteiger partial charge in [-0.2, -0.15) is 0 Å². The van der Waals surface area contributed by atoms with Gasteiger partial charge in [-0.05, 0) is 44.4 Å². The summed E-state index contributed by atoms with van der Waals surface area (Å²) in [5, 5.41) is 3.45. The van der Waals surface area contributed by atoms with Crippen molar-refractivity contribution in [2.45, 2.75) is 39.8 Å². The van der Waals surface area contributed by atoms with Crippen LogP contribution in [0.3, 0.4) is 0 Å². The molecule has 1 N–H and O–H groups in total. The lowest BCUT2D eigenvalue weighted by molar-refractivity contribution is 0.0230. The molecule has 2 heteroatoms. The molecule has 0 saturated heterocycles. The summed E-state index contributed by atoms with van der Waals surface area (Å²) in [6, 6.07) is 6.42. The molecule has 0 aliphatic carbocycles. The molecular formula is C14H23NO. The van der Waals surface area contributed by atoms with Gasteiger partial charge in [0.05, 0.1) is 5.60 Å². The topological polar surface area (TPSA) is 21.3 Å². The van der Waals surface area contributed by atoms with Crippen molar-refractivity contribution < 1.29 is 4.74 Å². The number of benzene rings is 1.